The van der Waals surface area contributed by atoms with Crippen LogP contribution in [-0.2, 0) is 16.0 Å². The van der Waals surface area contributed by atoms with E-state index in [4.69, 9.17) is 18.9 Å². The summed E-state index contributed by atoms with van der Waals surface area (Å²) in [5, 5.41) is 17.7. The van der Waals surface area contributed by atoms with E-state index in [2.05, 4.69) is 20.4 Å². The van der Waals surface area contributed by atoms with Gasteiger partial charge in [-0.25, -0.2) is 14.3 Å². The first-order valence-electron chi connectivity index (χ1n) is 13.5. The zero-order valence-electron chi connectivity index (χ0n) is 24.9. The first-order chi connectivity index (χ1) is 20.9. The summed E-state index contributed by atoms with van der Waals surface area (Å²) in [4.78, 5) is 23.0. The number of pyridine rings is 1. The van der Waals surface area contributed by atoms with E-state index in [1.807, 2.05) is 72.6 Å². The maximum absolute atomic E-state index is 12.0. The minimum absolute atomic E-state index is 0. The Hall–Kier alpha value is -3.56. The standard InChI is InChI=1S/C31H30N6O6.K/c1-36(18-19-7-10-21(40-2)11-8-19)25-15-27(35-37-26(30(38)39)17-33-29(25)37)34-24-6-4-5-22(28(24)41-3)23-12-9-20(16-32-23)31-42-13-14-43-31;/h4-12,15-17,31H,13-14,18H2,1-3H3,(H,34,35)(H,38,39);. The fourth-order valence-electron chi connectivity index (χ4n) is 4.98. The molecule has 44 heavy (non-hydrogen) atoms. The van der Waals surface area contributed by atoms with E-state index >= 15 is 0 Å². The third-order valence-corrected chi connectivity index (χ3v) is 7.10. The van der Waals surface area contributed by atoms with Gasteiger partial charge in [0.1, 0.15) is 5.75 Å². The molecule has 0 unspecified atom stereocenters. The van der Waals surface area contributed by atoms with Crippen LogP contribution >= 0.6 is 0 Å². The second-order valence-electron chi connectivity index (χ2n) is 9.86. The van der Waals surface area contributed by atoms with E-state index < -0.39 is 12.3 Å². The van der Waals surface area contributed by atoms with Gasteiger partial charge in [-0.2, -0.15) is 0 Å². The maximum atomic E-state index is 12.0. The molecule has 3 aromatic heterocycles. The average molecular weight is 622 g/mol. The third-order valence-electron chi connectivity index (χ3n) is 7.10. The van der Waals surface area contributed by atoms with Crippen molar-refractivity contribution in [3.05, 3.63) is 89.9 Å². The molecule has 0 amide bonds. The van der Waals surface area contributed by atoms with Crippen LogP contribution in [0.4, 0.5) is 17.2 Å². The molecule has 1 aliphatic rings. The normalized spacial score (nSPS) is 13.0. The van der Waals surface area contributed by atoms with Crippen LogP contribution in [0.3, 0.4) is 0 Å². The molecule has 0 bridgehead atoms. The number of nitrogens with one attached hydrogen (secondary N) is 1. The summed E-state index contributed by atoms with van der Waals surface area (Å²) in [7, 11) is 5.12. The number of aromatic nitrogens is 4. The van der Waals surface area contributed by atoms with Gasteiger partial charge in [-0.3, -0.25) is 4.98 Å². The zero-order chi connectivity index (χ0) is 29.9. The largest absolute Gasteiger partial charge is 0.497 e. The molecule has 1 radical (unpaired) electrons. The molecule has 5 aromatic rings. The molecule has 12 nitrogen and oxygen atoms in total. The number of carboxylic acids is 1. The van der Waals surface area contributed by atoms with Gasteiger partial charge in [-0.1, -0.05) is 24.3 Å². The summed E-state index contributed by atoms with van der Waals surface area (Å²) in [6, 6.07) is 19.0. The van der Waals surface area contributed by atoms with E-state index in [0.717, 1.165) is 22.4 Å². The number of ether oxygens (including phenoxy) is 4. The van der Waals surface area contributed by atoms with Gasteiger partial charge in [0.15, 0.2) is 29.2 Å². The van der Waals surface area contributed by atoms with Crippen molar-refractivity contribution < 1.29 is 28.8 Å². The van der Waals surface area contributed by atoms with E-state index in [1.165, 1.54) is 10.7 Å². The van der Waals surface area contributed by atoms with Crippen molar-refractivity contribution in [3.8, 4) is 22.8 Å². The van der Waals surface area contributed by atoms with Crippen molar-refractivity contribution in [3.63, 3.8) is 0 Å². The third kappa shape index (κ3) is 6.59. The fraction of sp³-hybridized carbons (Fsp3) is 0.226. The predicted octanol–water partition coefficient (Wildman–Crippen LogP) is 4.55. The van der Waals surface area contributed by atoms with Crippen LogP contribution < -0.4 is 19.7 Å². The number of imidazole rings is 1. The summed E-state index contributed by atoms with van der Waals surface area (Å²) in [5.74, 6) is 0.584. The molecule has 0 spiro atoms. The number of fused-ring (bicyclic) bond motifs is 1. The van der Waals surface area contributed by atoms with Crippen molar-refractivity contribution >= 4 is 80.2 Å². The number of carbonyl (C=O) groups is 1. The Balaban J connectivity index is 0.00000384. The van der Waals surface area contributed by atoms with E-state index in [1.54, 1.807) is 20.4 Å². The molecule has 2 N–H and O–H groups in total. The maximum Gasteiger partial charge on any atom is 0.356 e. The van der Waals surface area contributed by atoms with Gasteiger partial charge in [0.25, 0.3) is 0 Å². The molecule has 221 valence electrons. The average Bonchev–Trinajstić information content (AvgIpc) is 3.72. The van der Waals surface area contributed by atoms with Gasteiger partial charge in [0, 0.05) is 88.4 Å². The first-order valence-corrected chi connectivity index (χ1v) is 13.5. The summed E-state index contributed by atoms with van der Waals surface area (Å²) >= 11 is 0. The number of aromatic carboxylic acids is 1. The Morgan fingerprint density at radius 3 is 2.48 bits per heavy atom. The number of rotatable bonds is 10. The van der Waals surface area contributed by atoms with Crippen LogP contribution in [0.5, 0.6) is 11.5 Å². The Bertz CT molecular complexity index is 1760. The summed E-state index contributed by atoms with van der Waals surface area (Å²) in [6.45, 7) is 1.65. The van der Waals surface area contributed by atoms with Crippen molar-refractivity contribution in [1.82, 2.24) is 19.6 Å². The van der Waals surface area contributed by atoms with E-state index in [-0.39, 0.29) is 57.1 Å². The van der Waals surface area contributed by atoms with Crippen LogP contribution in [-0.4, -0.2) is 117 Å². The van der Waals surface area contributed by atoms with E-state index in [0.29, 0.717) is 54.0 Å². The van der Waals surface area contributed by atoms with Crippen molar-refractivity contribution in [2.75, 3.05) is 44.7 Å². The fourth-order valence-corrected chi connectivity index (χ4v) is 4.98. The van der Waals surface area contributed by atoms with Crippen LogP contribution in [0.2, 0.25) is 0 Å². The van der Waals surface area contributed by atoms with Crippen molar-refractivity contribution in [2.45, 2.75) is 12.8 Å². The molecule has 1 saturated heterocycles. The molecular weight excluding hydrogens is 591 g/mol. The molecule has 0 atom stereocenters. The number of anilines is 3. The minimum Gasteiger partial charge on any atom is -0.497 e. The topological polar surface area (TPSA) is 133 Å². The van der Waals surface area contributed by atoms with Crippen LogP contribution in [0, 0.1) is 0 Å². The Labute approximate surface area is 296 Å². The number of methoxy groups -OCH3 is 2. The molecule has 4 heterocycles. The molecule has 0 saturated carbocycles. The van der Waals surface area contributed by atoms with Crippen molar-refractivity contribution in [1.29, 1.82) is 0 Å². The van der Waals surface area contributed by atoms with Gasteiger partial charge < -0.3 is 34.3 Å². The second-order valence-corrected chi connectivity index (χ2v) is 9.86. The minimum atomic E-state index is -1.14. The molecule has 2 aromatic carbocycles. The van der Waals surface area contributed by atoms with Crippen LogP contribution in [0.15, 0.2) is 73.1 Å². The van der Waals surface area contributed by atoms with Crippen molar-refractivity contribution in [2.24, 2.45) is 0 Å². The molecule has 0 aliphatic carbocycles. The Morgan fingerprint density at radius 1 is 1.05 bits per heavy atom. The summed E-state index contributed by atoms with van der Waals surface area (Å²) in [6.07, 6.45) is 2.63. The number of benzene rings is 2. The monoisotopic (exact) mass is 621 g/mol. The van der Waals surface area contributed by atoms with Gasteiger partial charge in [-0.15, -0.1) is 5.10 Å². The number of para-hydroxylation sites is 1. The van der Waals surface area contributed by atoms with Gasteiger partial charge in [-0.05, 0) is 35.9 Å². The summed E-state index contributed by atoms with van der Waals surface area (Å²) < 4.78 is 23.6. The molecule has 1 fully saturated rings. The molecule has 13 heteroatoms. The second kappa shape index (κ2) is 14.0. The molecule has 6 rings (SSSR count). The zero-order valence-corrected chi connectivity index (χ0v) is 28.0. The summed E-state index contributed by atoms with van der Waals surface area (Å²) in [5.41, 5.74) is 5.01. The van der Waals surface area contributed by atoms with Gasteiger partial charge >= 0.3 is 5.97 Å². The number of hydrogen-bond donors (Lipinski definition) is 2. The quantitative estimate of drug-likeness (QED) is 0.213. The van der Waals surface area contributed by atoms with Gasteiger partial charge in [0.05, 0.1) is 50.7 Å². The number of nitrogens with zero attached hydrogens (tertiary/aromatic N) is 5. The smallest absolute Gasteiger partial charge is 0.356 e. The molecular formula is C31H30KN6O6. The SMILES string of the molecule is COc1ccc(CN(C)c2cc(Nc3cccc(-c4ccc(C5OCCO5)cn4)c3OC)nn3c(C(=O)O)cnc23)cc1.[K]. The Morgan fingerprint density at radius 2 is 1.82 bits per heavy atom. The van der Waals surface area contributed by atoms with Crippen LogP contribution in [0.1, 0.15) is 27.9 Å². The van der Waals surface area contributed by atoms with E-state index in [9.17, 15) is 9.90 Å². The Kier molecular flexibility index (Phi) is 10.2. The van der Waals surface area contributed by atoms with Crippen LogP contribution in [0.25, 0.3) is 16.9 Å². The first kappa shape index (κ1) is 31.8. The predicted molar refractivity (Wildman–Crippen MR) is 165 cm³/mol. The number of hydrogen-bond acceptors (Lipinski definition) is 10. The number of carboxylic acid groups (broad SMARTS) is 1. The van der Waals surface area contributed by atoms with Gasteiger partial charge in [0.2, 0.25) is 0 Å². The molecule has 1 aliphatic heterocycles.